The third-order valence-corrected chi connectivity index (χ3v) is 4.06. The van der Waals surface area contributed by atoms with E-state index < -0.39 is 0 Å². The van der Waals surface area contributed by atoms with Crippen LogP contribution in [-0.4, -0.2) is 31.1 Å². The highest BCUT2D eigenvalue weighted by molar-refractivity contribution is 5.74. The molecule has 0 amide bonds. The molecule has 1 aliphatic heterocycles. The first-order valence-electron chi connectivity index (χ1n) is 7.12. The molecule has 118 valence electrons. The minimum atomic E-state index is -0.254. The standard InChI is InChI=1S/C17H22N2O3/c1-11-13-6-5-7-15(18)14(13)10-19(11)16(12(2)21-3)8-9-17(20)22-4/h5-7,16H,1-2,8-10,18H2,3-4H3. The van der Waals surface area contributed by atoms with Crippen LogP contribution in [0.5, 0.6) is 0 Å². The van der Waals surface area contributed by atoms with E-state index in [1.54, 1.807) is 7.11 Å². The molecule has 1 aliphatic rings. The van der Waals surface area contributed by atoms with Crippen LogP contribution in [0.15, 0.2) is 37.1 Å². The normalized spacial score (nSPS) is 14.5. The fourth-order valence-electron chi connectivity index (χ4n) is 2.75. The largest absolute Gasteiger partial charge is 0.500 e. The number of hydrogen-bond donors (Lipinski definition) is 1. The van der Waals surface area contributed by atoms with Gasteiger partial charge in [0.1, 0.15) is 5.76 Å². The van der Waals surface area contributed by atoms with Crippen molar-refractivity contribution in [2.45, 2.75) is 25.4 Å². The molecule has 1 unspecified atom stereocenters. The first kappa shape index (κ1) is 15.9. The lowest BCUT2D eigenvalue weighted by Crippen LogP contribution is -2.32. The first-order chi connectivity index (χ1) is 10.5. The maximum Gasteiger partial charge on any atom is 0.305 e. The van der Waals surface area contributed by atoms with Gasteiger partial charge in [-0.3, -0.25) is 4.79 Å². The highest BCUT2D eigenvalue weighted by Crippen LogP contribution is 2.38. The number of hydrogen-bond acceptors (Lipinski definition) is 5. The Bertz CT molecular complexity index is 610. The molecule has 0 radical (unpaired) electrons. The van der Waals surface area contributed by atoms with Gasteiger partial charge >= 0.3 is 5.97 Å². The molecule has 5 nitrogen and oxygen atoms in total. The molecule has 2 N–H and O–H groups in total. The average molecular weight is 302 g/mol. The summed E-state index contributed by atoms with van der Waals surface area (Å²) in [6, 6.07) is 5.64. The molecular formula is C17H22N2O3. The Balaban J connectivity index is 2.23. The summed E-state index contributed by atoms with van der Waals surface area (Å²) in [6.07, 6.45) is 0.839. The summed E-state index contributed by atoms with van der Waals surface area (Å²) in [4.78, 5) is 13.5. The van der Waals surface area contributed by atoms with Gasteiger partial charge in [0.15, 0.2) is 0 Å². The molecule has 1 atom stereocenters. The smallest absolute Gasteiger partial charge is 0.305 e. The number of carbonyl (C=O) groups is 1. The molecular weight excluding hydrogens is 280 g/mol. The summed E-state index contributed by atoms with van der Waals surface area (Å²) < 4.78 is 10.0. The Hall–Kier alpha value is -2.43. The Kier molecular flexibility index (Phi) is 4.75. The van der Waals surface area contributed by atoms with E-state index in [9.17, 15) is 4.79 Å². The summed E-state index contributed by atoms with van der Waals surface area (Å²) in [5.74, 6) is 0.340. The molecule has 22 heavy (non-hydrogen) atoms. The van der Waals surface area contributed by atoms with Crippen LogP contribution in [0, 0.1) is 0 Å². The van der Waals surface area contributed by atoms with Crippen molar-refractivity contribution in [3.05, 3.63) is 48.2 Å². The van der Waals surface area contributed by atoms with E-state index in [-0.39, 0.29) is 12.0 Å². The molecule has 0 aliphatic carbocycles. The number of benzene rings is 1. The Labute approximate surface area is 131 Å². The van der Waals surface area contributed by atoms with Gasteiger partial charge in [-0.2, -0.15) is 0 Å². The second-order valence-electron chi connectivity index (χ2n) is 5.25. The van der Waals surface area contributed by atoms with Gasteiger partial charge in [0.05, 0.1) is 20.3 Å². The lowest BCUT2D eigenvalue weighted by atomic mass is 10.1. The molecule has 5 heteroatoms. The number of nitrogens with zero attached hydrogens (tertiary/aromatic N) is 1. The van der Waals surface area contributed by atoms with Crippen LogP contribution in [0.2, 0.25) is 0 Å². The molecule has 0 saturated heterocycles. The quantitative estimate of drug-likeness (QED) is 0.497. The maximum absolute atomic E-state index is 11.4. The lowest BCUT2D eigenvalue weighted by Gasteiger charge is -2.31. The fourth-order valence-corrected chi connectivity index (χ4v) is 2.75. The van der Waals surface area contributed by atoms with Gasteiger partial charge in [-0.05, 0) is 12.5 Å². The van der Waals surface area contributed by atoms with Crippen molar-refractivity contribution in [1.82, 2.24) is 4.90 Å². The van der Waals surface area contributed by atoms with E-state index in [1.165, 1.54) is 7.11 Å². The van der Waals surface area contributed by atoms with Crippen LogP contribution in [0.25, 0.3) is 5.70 Å². The third kappa shape index (κ3) is 2.93. The summed E-state index contributed by atoms with van der Waals surface area (Å²) in [7, 11) is 2.96. The van der Waals surface area contributed by atoms with Gasteiger partial charge in [-0.25, -0.2) is 0 Å². The molecule has 0 bridgehead atoms. The van der Waals surface area contributed by atoms with Gasteiger partial charge in [-0.1, -0.05) is 25.3 Å². The second kappa shape index (κ2) is 6.56. The van der Waals surface area contributed by atoms with Crippen molar-refractivity contribution in [2.75, 3.05) is 20.0 Å². The van der Waals surface area contributed by atoms with Crippen LogP contribution < -0.4 is 5.73 Å². The molecule has 0 fully saturated rings. The summed E-state index contributed by atoms with van der Waals surface area (Å²) >= 11 is 0. The molecule has 0 aromatic heterocycles. The number of rotatable bonds is 6. The van der Waals surface area contributed by atoms with Gasteiger partial charge in [0, 0.05) is 35.5 Å². The predicted octanol–water partition coefficient (Wildman–Crippen LogP) is 2.54. The SMILES string of the molecule is C=C(OC)C(CCC(=O)OC)N1Cc2c(N)cccc2C1=C. The highest BCUT2D eigenvalue weighted by atomic mass is 16.5. The van der Waals surface area contributed by atoms with Crippen molar-refractivity contribution in [3.8, 4) is 0 Å². The molecule has 0 saturated carbocycles. The highest BCUT2D eigenvalue weighted by Gasteiger charge is 2.31. The first-order valence-corrected chi connectivity index (χ1v) is 7.12. The number of nitrogens with two attached hydrogens (primary N) is 1. The average Bonchev–Trinajstić information content (AvgIpc) is 2.86. The topological polar surface area (TPSA) is 64.8 Å². The Morgan fingerprint density at radius 1 is 1.41 bits per heavy atom. The molecule has 0 spiro atoms. The summed E-state index contributed by atoms with van der Waals surface area (Å²) in [5, 5.41) is 0. The van der Waals surface area contributed by atoms with Gasteiger partial charge in [-0.15, -0.1) is 0 Å². The lowest BCUT2D eigenvalue weighted by molar-refractivity contribution is -0.140. The number of ether oxygens (including phenoxy) is 2. The Morgan fingerprint density at radius 2 is 2.14 bits per heavy atom. The molecule has 1 aromatic carbocycles. The van der Waals surface area contributed by atoms with Gasteiger partial charge in [0.25, 0.3) is 0 Å². The second-order valence-corrected chi connectivity index (χ2v) is 5.25. The van der Waals surface area contributed by atoms with Crippen LogP contribution in [-0.2, 0) is 20.8 Å². The number of nitrogen functional groups attached to an aromatic ring is 1. The zero-order valence-corrected chi connectivity index (χ0v) is 13.1. The minimum Gasteiger partial charge on any atom is -0.500 e. The van der Waals surface area contributed by atoms with E-state index in [0.29, 0.717) is 25.1 Å². The van der Waals surface area contributed by atoms with E-state index in [2.05, 4.69) is 18.1 Å². The van der Waals surface area contributed by atoms with E-state index >= 15 is 0 Å². The third-order valence-electron chi connectivity index (χ3n) is 4.06. The van der Waals surface area contributed by atoms with Crippen molar-refractivity contribution < 1.29 is 14.3 Å². The van der Waals surface area contributed by atoms with Crippen molar-refractivity contribution in [3.63, 3.8) is 0 Å². The summed E-state index contributed by atoms with van der Waals surface area (Å²) in [6.45, 7) is 8.75. The number of carbonyl (C=O) groups excluding carboxylic acids is 1. The number of anilines is 1. The molecule has 1 heterocycles. The van der Waals surface area contributed by atoms with Crippen LogP contribution in [0.1, 0.15) is 24.0 Å². The number of fused-ring (bicyclic) bond motifs is 1. The van der Waals surface area contributed by atoms with E-state index in [0.717, 1.165) is 22.5 Å². The van der Waals surface area contributed by atoms with Crippen LogP contribution in [0.3, 0.4) is 0 Å². The molecule has 1 aromatic rings. The van der Waals surface area contributed by atoms with Crippen molar-refractivity contribution in [1.29, 1.82) is 0 Å². The zero-order valence-electron chi connectivity index (χ0n) is 13.1. The van der Waals surface area contributed by atoms with E-state index in [1.807, 2.05) is 18.2 Å². The van der Waals surface area contributed by atoms with Crippen molar-refractivity contribution in [2.24, 2.45) is 0 Å². The molecule has 2 rings (SSSR count). The van der Waals surface area contributed by atoms with Crippen LogP contribution in [0.4, 0.5) is 5.69 Å². The number of esters is 1. The summed E-state index contributed by atoms with van der Waals surface area (Å²) in [5.41, 5.74) is 9.76. The Morgan fingerprint density at radius 3 is 2.73 bits per heavy atom. The maximum atomic E-state index is 11.4. The van der Waals surface area contributed by atoms with Gasteiger partial charge < -0.3 is 20.1 Å². The van der Waals surface area contributed by atoms with Crippen LogP contribution >= 0.6 is 0 Å². The monoisotopic (exact) mass is 302 g/mol. The number of methoxy groups -OCH3 is 2. The predicted molar refractivity (Wildman–Crippen MR) is 86.6 cm³/mol. The van der Waals surface area contributed by atoms with E-state index in [4.69, 9.17) is 15.2 Å². The minimum absolute atomic E-state index is 0.150. The van der Waals surface area contributed by atoms with Gasteiger partial charge in [0.2, 0.25) is 0 Å². The zero-order chi connectivity index (χ0) is 16.3. The fraction of sp³-hybridized carbons (Fsp3) is 0.353. The van der Waals surface area contributed by atoms with Crippen molar-refractivity contribution >= 4 is 17.4 Å².